The first-order valence-electron chi connectivity index (χ1n) is 5.06. The molecule has 0 aliphatic rings. The van der Waals surface area contributed by atoms with Crippen LogP contribution in [0.4, 0.5) is 0 Å². The van der Waals surface area contributed by atoms with Gasteiger partial charge in [0.1, 0.15) is 0 Å². The monoisotopic (exact) mass is 266 g/mol. The fourth-order valence-corrected chi connectivity index (χ4v) is 2.50. The number of nitrogens with zero attached hydrogens (tertiary/aromatic N) is 2. The summed E-state index contributed by atoms with van der Waals surface area (Å²) in [7, 11) is 1.81. The molecule has 2 aromatic rings. The molecule has 5 heteroatoms. The first-order chi connectivity index (χ1) is 8.18. The van der Waals surface area contributed by atoms with E-state index in [2.05, 4.69) is 4.98 Å². The lowest BCUT2D eigenvalue weighted by atomic mass is 10.4. The van der Waals surface area contributed by atoms with E-state index in [-0.39, 0.29) is 5.78 Å². The maximum atomic E-state index is 11.9. The Morgan fingerprint density at radius 1 is 1.47 bits per heavy atom. The minimum Gasteiger partial charge on any atom is -0.332 e. The predicted molar refractivity (Wildman–Crippen MR) is 69.7 cm³/mol. The van der Waals surface area contributed by atoms with E-state index in [1.165, 1.54) is 11.8 Å². The molecule has 17 heavy (non-hydrogen) atoms. The zero-order valence-corrected chi connectivity index (χ0v) is 10.8. The summed E-state index contributed by atoms with van der Waals surface area (Å²) < 4.78 is 1.72. The van der Waals surface area contributed by atoms with Gasteiger partial charge in [-0.25, -0.2) is 4.98 Å². The molecule has 0 radical (unpaired) electrons. The van der Waals surface area contributed by atoms with Gasteiger partial charge in [0.2, 0.25) is 5.78 Å². The van der Waals surface area contributed by atoms with Crippen LogP contribution in [0, 0.1) is 0 Å². The molecule has 0 unspecified atom stereocenters. The molecule has 2 rings (SSSR count). The minimum absolute atomic E-state index is 0.00224. The highest BCUT2D eigenvalue weighted by molar-refractivity contribution is 8.00. The van der Waals surface area contributed by atoms with Gasteiger partial charge in [-0.05, 0) is 12.1 Å². The molecule has 1 aromatic heterocycles. The summed E-state index contributed by atoms with van der Waals surface area (Å²) in [6.07, 6.45) is 3.38. The molecule has 0 atom stereocenters. The predicted octanol–water partition coefficient (Wildman–Crippen LogP) is 3.05. The summed E-state index contributed by atoms with van der Waals surface area (Å²) in [5.74, 6) is 0.821. The Morgan fingerprint density at radius 2 is 2.24 bits per heavy atom. The SMILES string of the molecule is Cn1ccnc1C(=O)CSc1ccccc1Cl. The third-order valence-corrected chi connectivity index (χ3v) is 3.78. The standard InChI is InChI=1S/C12H11ClN2OS/c1-15-7-6-14-12(15)10(16)8-17-11-5-3-2-4-9(11)13/h2-7H,8H2,1H3. The Labute approximate surface area is 109 Å². The molecule has 88 valence electrons. The molecule has 3 nitrogen and oxygen atoms in total. The molecule has 0 spiro atoms. The normalized spacial score (nSPS) is 10.5. The number of thioether (sulfide) groups is 1. The van der Waals surface area contributed by atoms with E-state index in [1.807, 2.05) is 24.3 Å². The van der Waals surface area contributed by atoms with Crippen LogP contribution in [-0.4, -0.2) is 21.1 Å². The number of aryl methyl sites for hydroxylation is 1. The maximum absolute atomic E-state index is 11.9. The van der Waals surface area contributed by atoms with E-state index in [4.69, 9.17) is 11.6 Å². The third kappa shape index (κ3) is 2.90. The summed E-state index contributed by atoms with van der Waals surface area (Å²) in [5.41, 5.74) is 0. The molecule has 0 N–H and O–H groups in total. The number of imidazole rings is 1. The number of carbonyl (C=O) groups excluding carboxylic acids is 1. The van der Waals surface area contributed by atoms with Gasteiger partial charge in [-0.15, -0.1) is 11.8 Å². The number of carbonyl (C=O) groups is 1. The fourth-order valence-electron chi connectivity index (χ4n) is 1.40. The van der Waals surface area contributed by atoms with Crippen molar-refractivity contribution in [2.45, 2.75) is 4.90 Å². The molecule has 0 fully saturated rings. The largest absolute Gasteiger partial charge is 0.332 e. The second kappa shape index (κ2) is 5.38. The summed E-state index contributed by atoms with van der Waals surface area (Å²) >= 11 is 7.44. The number of halogens is 1. The Hall–Kier alpha value is -1.26. The van der Waals surface area contributed by atoms with Gasteiger partial charge in [0.05, 0.1) is 10.8 Å². The van der Waals surface area contributed by atoms with Crippen LogP contribution in [0.15, 0.2) is 41.6 Å². The molecule has 0 bridgehead atoms. The van der Waals surface area contributed by atoms with Crippen LogP contribution in [0.3, 0.4) is 0 Å². The van der Waals surface area contributed by atoms with Crippen molar-refractivity contribution in [3.63, 3.8) is 0 Å². The van der Waals surface area contributed by atoms with Gasteiger partial charge in [-0.3, -0.25) is 4.79 Å². The topological polar surface area (TPSA) is 34.9 Å². The number of aromatic nitrogens is 2. The minimum atomic E-state index is 0.00224. The van der Waals surface area contributed by atoms with Crippen molar-refractivity contribution in [2.75, 3.05) is 5.75 Å². The highest BCUT2D eigenvalue weighted by Gasteiger charge is 2.11. The molecule has 0 aliphatic heterocycles. The van der Waals surface area contributed by atoms with Gasteiger partial charge in [-0.1, -0.05) is 23.7 Å². The maximum Gasteiger partial charge on any atom is 0.208 e. The molecule has 0 saturated carbocycles. The smallest absolute Gasteiger partial charge is 0.208 e. The second-order valence-corrected chi connectivity index (χ2v) is 4.93. The highest BCUT2D eigenvalue weighted by Crippen LogP contribution is 2.26. The van der Waals surface area contributed by atoms with Crippen LogP contribution >= 0.6 is 23.4 Å². The number of benzene rings is 1. The average Bonchev–Trinajstić information content (AvgIpc) is 2.74. The average molecular weight is 267 g/mol. The summed E-state index contributed by atoms with van der Waals surface area (Å²) in [6, 6.07) is 7.49. The van der Waals surface area contributed by atoms with Crippen molar-refractivity contribution >= 4 is 29.1 Å². The Bertz CT molecular complexity index is 539. The Kier molecular flexibility index (Phi) is 3.86. The number of Topliss-reactive ketones (excluding diaryl/α,β-unsaturated/α-hetero) is 1. The van der Waals surface area contributed by atoms with E-state index < -0.39 is 0 Å². The second-order valence-electron chi connectivity index (χ2n) is 3.50. The number of rotatable bonds is 4. The van der Waals surface area contributed by atoms with Crippen LogP contribution in [0.1, 0.15) is 10.6 Å². The fraction of sp³-hybridized carbons (Fsp3) is 0.167. The van der Waals surface area contributed by atoms with Gasteiger partial charge >= 0.3 is 0 Å². The molecule has 0 saturated heterocycles. The molecular weight excluding hydrogens is 256 g/mol. The van der Waals surface area contributed by atoms with E-state index >= 15 is 0 Å². The van der Waals surface area contributed by atoms with Crippen molar-refractivity contribution < 1.29 is 4.79 Å². The van der Waals surface area contributed by atoms with Gasteiger partial charge in [-0.2, -0.15) is 0 Å². The van der Waals surface area contributed by atoms with Crippen LogP contribution < -0.4 is 0 Å². The van der Waals surface area contributed by atoms with Crippen molar-refractivity contribution in [1.82, 2.24) is 9.55 Å². The van der Waals surface area contributed by atoms with Gasteiger partial charge in [0, 0.05) is 24.3 Å². The first kappa shape index (κ1) is 12.2. The van der Waals surface area contributed by atoms with Gasteiger partial charge in [0.15, 0.2) is 5.82 Å². The van der Waals surface area contributed by atoms with Crippen LogP contribution in [0.5, 0.6) is 0 Å². The lowest BCUT2D eigenvalue weighted by molar-refractivity contribution is 0.101. The van der Waals surface area contributed by atoms with Gasteiger partial charge < -0.3 is 4.57 Å². The Morgan fingerprint density at radius 3 is 2.88 bits per heavy atom. The molecule has 1 aromatic carbocycles. The van der Waals surface area contributed by atoms with E-state index in [0.717, 1.165) is 4.90 Å². The Balaban J connectivity index is 2.02. The third-order valence-electron chi connectivity index (χ3n) is 2.27. The van der Waals surface area contributed by atoms with Gasteiger partial charge in [0.25, 0.3) is 0 Å². The molecule has 0 aliphatic carbocycles. The van der Waals surface area contributed by atoms with E-state index in [9.17, 15) is 4.79 Å². The summed E-state index contributed by atoms with van der Waals surface area (Å²) in [5, 5.41) is 0.671. The van der Waals surface area contributed by atoms with Crippen LogP contribution in [-0.2, 0) is 7.05 Å². The quantitative estimate of drug-likeness (QED) is 0.630. The van der Waals surface area contributed by atoms with Crippen LogP contribution in [0.25, 0.3) is 0 Å². The summed E-state index contributed by atoms with van der Waals surface area (Å²) in [4.78, 5) is 16.8. The zero-order valence-electron chi connectivity index (χ0n) is 9.26. The zero-order chi connectivity index (χ0) is 12.3. The van der Waals surface area contributed by atoms with E-state index in [0.29, 0.717) is 16.6 Å². The lowest BCUT2D eigenvalue weighted by Gasteiger charge is -2.03. The number of hydrogen-bond acceptors (Lipinski definition) is 3. The summed E-state index contributed by atoms with van der Waals surface area (Å²) in [6.45, 7) is 0. The van der Waals surface area contributed by atoms with Crippen molar-refractivity contribution in [2.24, 2.45) is 7.05 Å². The lowest BCUT2D eigenvalue weighted by Crippen LogP contribution is -2.09. The number of hydrogen-bond donors (Lipinski definition) is 0. The molecular formula is C12H11ClN2OS. The van der Waals surface area contributed by atoms with Crippen molar-refractivity contribution in [3.05, 3.63) is 47.5 Å². The van der Waals surface area contributed by atoms with Crippen LogP contribution in [0.2, 0.25) is 5.02 Å². The molecule has 1 heterocycles. The van der Waals surface area contributed by atoms with Crippen molar-refractivity contribution in [1.29, 1.82) is 0 Å². The molecule has 0 amide bonds. The van der Waals surface area contributed by atoms with E-state index in [1.54, 1.807) is 24.0 Å². The first-order valence-corrected chi connectivity index (χ1v) is 6.42. The van der Waals surface area contributed by atoms with Crippen molar-refractivity contribution in [3.8, 4) is 0 Å². The number of ketones is 1. The highest BCUT2D eigenvalue weighted by atomic mass is 35.5.